The molecule has 8 heteroatoms. The fourth-order valence-corrected chi connectivity index (χ4v) is 2.99. The molecule has 1 aromatic carbocycles. The van der Waals surface area contributed by atoms with Crippen LogP contribution in [0.2, 0.25) is 0 Å². The van der Waals surface area contributed by atoms with E-state index in [0.29, 0.717) is 17.8 Å². The third-order valence-electron chi connectivity index (χ3n) is 4.72. The number of pyridine rings is 1. The second-order valence-corrected chi connectivity index (χ2v) is 6.71. The van der Waals surface area contributed by atoms with Crippen molar-refractivity contribution in [2.75, 3.05) is 43.4 Å². The van der Waals surface area contributed by atoms with E-state index in [1.165, 1.54) is 13.0 Å². The van der Waals surface area contributed by atoms with E-state index in [1.807, 2.05) is 12.1 Å². The Bertz CT molecular complexity index is 830. The molecule has 1 aromatic heterocycles. The summed E-state index contributed by atoms with van der Waals surface area (Å²) in [5.74, 6) is 0.747. The van der Waals surface area contributed by atoms with Crippen molar-refractivity contribution in [1.82, 2.24) is 9.88 Å². The fraction of sp³-hybridized carbons (Fsp3) is 0.368. The predicted octanol–water partition coefficient (Wildman–Crippen LogP) is 2.56. The molecule has 0 spiro atoms. The van der Waals surface area contributed by atoms with E-state index >= 15 is 0 Å². The third-order valence-corrected chi connectivity index (χ3v) is 4.72. The number of ketones is 1. The maximum absolute atomic E-state index is 11.4. The van der Waals surface area contributed by atoms with Gasteiger partial charge in [0.05, 0.1) is 4.92 Å². The zero-order valence-electron chi connectivity index (χ0n) is 15.5. The Morgan fingerprint density at radius 3 is 2.56 bits per heavy atom. The van der Waals surface area contributed by atoms with E-state index in [0.717, 1.165) is 37.6 Å². The zero-order valence-corrected chi connectivity index (χ0v) is 15.5. The van der Waals surface area contributed by atoms with Gasteiger partial charge in [0.15, 0.2) is 5.78 Å². The molecule has 142 valence electrons. The molecule has 1 saturated heterocycles. The first-order valence-corrected chi connectivity index (χ1v) is 8.85. The quantitative estimate of drug-likeness (QED) is 0.475. The van der Waals surface area contributed by atoms with Gasteiger partial charge < -0.3 is 15.1 Å². The van der Waals surface area contributed by atoms with Crippen LogP contribution in [0, 0.1) is 10.1 Å². The van der Waals surface area contributed by atoms with E-state index < -0.39 is 4.92 Å². The van der Waals surface area contributed by atoms with Gasteiger partial charge in [0.2, 0.25) is 0 Å². The molecule has 1 aliphatic heterocycles. The summed E-state index contributed by atoms with van der Waals surface area (Å²) in [6, 6.07) is 8.42. The number of carbonyl (C=O) groups excluding carboxylic acids is 1. The Hall–Kier alpha value is -3.00. The first-order chi connectivity index (χ1) is 12.9. The minimum Gasteiger partial charge on any atom is -0.375 e. The topological polar surface area (TPSA) is 91.6 Å². The lowest BCUT2D eigenvalue weighted by molar-refractivity contribution is -0.384. The largest absolute Gasteiger partial charge is 0.375 e. The van der Waals surface area contributed by atoms with Crippen molar-refractivity contribution in [2.45, 2.75) is 13.5 Å². The molecule has 1 fully saturated rings. The molecule has 0 aliphatic carbocycles. The van der Waals surface area contributed by atoms with Gasteiger partial charge in [-0.1, -0.05) is 6.07 Å². The van der Waals surface area contributed by atoms with Gasteiger partial charge in [0.1, 0.15) is 11.5 Å². The Balaban J connectivity index is 1.66. The van der Waals surface area contributed by atoms with Gasteiger partial charge in [-0.2, -0.15) is 0 Å². The summed E-state index contributed by atoms with van der Waals surface area (Å²) in [4.78, 5) is 31.3. The highest BCUT2D eigenvalue weighted by molar-refractivity contribution is 5.95. The van der Waals surface area contributed by atoms with Crippen molar-refractivity contribution < 1.29 is 9.72 Å². The molecular formula is C19H23N5O3. The van der Waals surface area contributed by atoms with Crippen LogP contribution in [0.1, 0.15) is 22.8 Å². The van der Waals surface area contributed by atoms with Crippen molar-refractivity contribution in [3.63, 3.8) is 0 Å². The average molecular weight is 369 g/mol. The van der Waals surface area contributed by atoms with Gasteiger partial charge in [-0.15, -0.1) is 0 Å². The van der Waals surface area contributed by atoms with Gasteiger partial charge in [0, 0.05) is 50.6 Å². The number of hydrogen-bond acceptors (Lipinski definition) is 7. The number of likely N-dealkylation sites (N-methyl/N-ethyl adjacent to an activating group) is 1. The standard InChI is InChI=1S/C19H23N5O3/c1-14(25)16-4-5-17(18(11-16)24(26)27)20-12-15-3-6-19(21-13-15)23-9-7-22(2)8-10-23/h3-6,11,13,20H,7-10,12H2,1-2H3. The molecule has 0 bridgehead atoms. The van der Waals surface area contributed by atoms with Crippen LogP contribution >= 0.6 is 0 Å². The zero-order chi connectivity index (χ0) is 19.4. The lowest BCUT2D eigenvalue weighted by Gasteiger charge is -2.33. The average Bonchev–Trinajstić information content (AvgIpc) is 2.67. The Labute approximate surface area is 158 Å². The summed E-state index contributed by atoms with van der Waals surface area (Å²) in [5.41, 5.74) is 1.53. The van der Waals surface area contributed by atoms with Crippen LogP contribution in [-0.2, 0) is 6.54 Å². The fourth-order valence-electron chi connectivity index (χ4n) is 2.99. The monoisotopic (exact) mass is 369 g/mol. The van der Waals surface area contributed by atoms with E-state index in [9.17, 15) is 14.9 Å². The maximum atomic E-state index is 11.4. The smallest absolute Gasteiger partial charge is 0.293 e. The molecule has 3 rings (SSSR count). The van der Waals surface area contributed by atoms with Crippen LogP contribution in [0.3, 0.4) is 0 Å². The van der Waals surface area contributed by atoms with E-state index in [-0.39, 0.29) is 11.5 Å². The minimum atomic E-state index is -0.483. The Morgan fingerprint density at radius 2 is 1.96 bits per heavy atom. The number of piperazine rings is 1. The van der Waals surface area contributed by atoms with Crippen molar-refractivity contribution in [3.8, 4) is 0 Å². The second kappa shape index (κ2) is 8.13. The third kappa shape index (κ3) is 4.59. The summed E-state index contributed by atoms with van der Waals surface area (Å²) in [5, 5.41) is 14.4. The molecule has 0 amide bonds. The number of rotatable bonds is 6. The van der Waals surface area contributed by atoms with Crippen LogP contribution in [0.4, 0.5) is 17.2 Å². The highest BCUT2D eigenvalue weighted by atomic mass is 16.6. The number of hydrogen-bond donors (Lipinski definition) is 1. The molecule has 8 nitrogen and oxygen atoms in total. The number of carbonyl (C=O) groups is 1. The normalized spacial score (nSPS) is 14.8. The summed E-state index contributed by atoms with van der Waals surface area (Å²) < 4.78 is 0. The number of Topliss-reactive ketones (excluding diaryl/α,β-unsaturated/α-hetero) is 1. The lowest BCUT2D eigenvalue weighted by Crippen LogP contribution is -2.44. The molecule has 0 radical (unpaired) electrons. The number of nitrogens with zero attached hydrogens (tertiary/aromatic N) is 4. The molecule has 2 aromatic rings. The van der Waals surface area contributed by atoms with Crippen molar-refractivity contribution in [3.05, 3.63) is 57.8 Å². The van der Waals surface area contributed by atoms with E-state index in [1.54, 1.807) is 18.3 Å². The van der Waals surface area contributed by atoms with Crippen LogP contribution < -0.4 is 10.2 Å². The van der Waals surface area contributed by atoms with Crippen molar-refractivity contribution in [2.24, 2.45) is 0 Å². The molecule has 0 atom stereocenters. The number of benzene rings is 1. The molecule has 0 unspecified atom stereocenters. The highest BCUT2D eigenvalue weighted by Gasteiger charge is 2.17. The number of nitrogens with one attached hydrogen (secondary N) is 1. The van der Waals surface area contributed by atoms with Crippen molar-refractivity contribution >= 4 is 23.0 Å². The van der Waals surface area contributed by atoms with Gasteiger partial charge in [-0.25, -0.2) is 4.98 Å². The maximum Gasteiger partial charge on any atom is 0.293 e. The number of aromatic nitrogens is 1. The molecule has 2 heterocycles. The van der Waals surface area contributed by atoms with Gasteiger partial charge >= 0.3 is 0 Å². The van der Waals surface area contributed by atoms with E-state index in [4.69, 9.17) is 0 Å². The van der Waals surface area contributed by atoms with Gasteiger partial charge in [-0.3, -0.25) is 14.9 Å². The van der Waals surface area contributed by atoms with Crippen molar-refractivity contribution in [1.29, 1.82) is 0 Å². The summed E-state index contributed by atoms with van der Waals surface area (Å²) in [7, 11) is 2.11. The number of nitro benzene ring substituents is 1. The first-order valence-electron chi connectivity index (χ1n) is 8.85. The van der Waals surface area contributed by atoms with Crippen LogP contribution in [-0.4, -0.2) is 53.8 Å². The van der Waals surface area contributed by atoms with Crippen LogP contribution in [0.15, 0.2) is 36.5 Å². The van der Waals surface area contributed by atoms with Crippen LogP contribution in [0.25, 0.3) is 0 Å². The van der Waals surface area contributed by atoms with Crippen LogP contribution in [0.5, 0.6) is 0 Å². The first kappa shape index (κ1) is 18.8. The lowest BCUT2D eigenvalue weighted by atomic mass is 10.1. The molecule has 1 aliphatic rings. The summed E-state index contributed by atoms with van der Waals surface area (Å²) in [6.07, 6.45) is 1.79. The summed E-state index contributed by atoms with van der Waals surface area (Å²) >= 11 is 0. The SMILES string of the molecule is CC(=O)c1ccc(NCc2ccc(N3CCN(C)CC3)nc2)c([N+](=O)[O-])c1. The highest BCUT2D eigenvalue weighted by Crippen LogP contribution is 2.26. The number of nitro groups is 1. The molecule has 0 saturated carbocycles. The predicted molar refractivity (Wildman–Crippen MR) is 104 cm³/mol. The van der Waals surface area contributed by atoms with Gasteiger partial charge in [-0.05, 0) is 37.7 Å². The summed E-state index contributed by atoms with van der Waals surface area (Å²) in [6.45, 7) is 5.75. The van der Waals surface area contributed by atoms with Gasteiger partial charge in [0.25, 0.3) is 5.69 Å². The second-order valence-electron chi connectivity index (χ2n) is 6.71. The Kier molecular flexibility index (Phi) is 5.66. The Morgan fingerprint density at radius 1 is 1.22 bits per heavy atom. The number of anilines is 2. The molecule has 1 N–H and O–H groups in total. The molecule has 27 heavy (non-hydrogen) atoms. The molecular weight excluding hydrogens is 346 g/mol. The minimum absolute atomic E-state index is 0.107. The van der Waals surface area contributed by atoms with E-state index in [2.05, 4.69) is 27.1 Å².